The third-order valence-electron chi connectivity index (χ3n) is 3.92. The molecule has 0 aromatic rings. The molecule has 2 rings (SSSR count). The van der Waals surface area contributed by atoms with Crippen LogP contribution in [0.25, 0.3) is 0 Å². The molecule has 2 saturated heterocycles. The lowest BCUT2D eigenvalue weighted by Crippen LogP contribution is -2.50. The fraction of sp³-hybridized carbons (Fsp3) is 0.917. The Hall–Kier alpha value is -0.660. The van der Waals surface area contributed by atoms with Crippen molar-refractivity contribution in [1.82, 2.24) is 13.9 Å². The first kappa shape index (κ1) is 14.7. The molecule has 7 heteroatoms. The molecule has 19 heavy (non-hydrogen) atoms. The zero-order valence-corrected chi connectivity index (χ0v) is 12.3. The summed E-state index contributed by atoms with van der Waals surface area (Å²) in [4.78, 5) is 13.6. The number of likely N-dealkylation sites (tertiary alicyclic amines) is 1. The van der Waals surface area contributed by atoms with Gasteiger partial charge in [0.1, 0.15) is 0 Å². The number of amides is 1. The van der Waals surface area contributed by atoms with E-state index in [9.17, 15) is 13.2 Å². The van der Waals surface area contributed by atoms with Crippen molar-refractivity contribution in [1.29, 1.82) is 0 Å². The van der Waals surface area contributed by atoms with Gasteiger partial charge in [-0.1, -0.05) is 6.42 Å². The second-order valence-corrected chi connectivity index (χ2v) is 7.08. The zero-order valence-electron chi connectivity index (χ0n) is 11.5. The Balaban J connectivity index is 1.88. The van der Waals surface area contributed by atoms with E-state index in [2.05, 4.69) is 4.72 Å². The Morgan fingerprint density at radius 2 is 1.79 bits per heavy atom. The van der Waals surface area contributed by atoms with Crippen LogP contribution in [0.1, 0.15) is 39.0 Å². The minimum atomic E-state index is -3.52. The summed E-state index contributed by atoms with van der Waals surface area (Å²) in [6.45, 7) is 3.85. The molecule has 0 aromatic carbocycles. The molecule has 2 aliphatic heterocycles. The fourth-order valence-corrected chi connectivity index (χ4v) is 4.16. The van der Waals surface area contributed by atoms with Crippen molar-refractivity contribution in [3.8, 4) is 0 Å². The molecule has 0 aromatic heterocycles. The van der Waals surface area contributed by atoms with Gasteiger partial charge < -0.3 is 4.90 Å². The second-order valence-electron chi connectivity index (χ2n) is 5.37. The van der Waals surface area contributed by atoms with Crippen molar-refractivity contribution < 1.29 is 13.2 Å². The molecule has 0 unspecified atom stereocenters. The third kappa shape index (κ3) is 3.67. The van der Waals surface area contributed by atoms with E-state index in [0.29, 0.717) is 6.54 Å². The van der Waals surface area contributed by atoms with Crippen LogP contribution in [0.2, 0.25) is 0 Å². The highest BCUT2D eigenvalue weighted by atomic mass is 32.2. The van der Waals surface area contributed by atoms with Gasteiger partial charge in [0.15, 0.2) is 0 Å². The van der Waals surface area contributed by atoms with Crippen LogP contribution >= 0.6 is 0 Å². The molecule has 1 atom stereocenters. The van der Waals surface area contributed by atoms with Crippen molar-refractivity contribution in [2.75, 3.05) is 26.2 Å². The maximum Gasteiger partial charge on any atom is 0.280 e. The minimum Gasteiger partial charge on any atom is -0.342 e. The van der Waals surface area contributed by atoms with Crippen LogP contribution in [0.4, 0.5) is 0 Å². The Bertz CT molecular complexity index is 418. The Morgan fingerprint density at radius 3 is 2.42 bits per heavy atom. The average molecular weight is 289 g/mol. The number of nitrogens with one attached hydrogen (secondary N) is 1. The van der Waals surface area contributed by atoms with Crippen molar-refractivity contribution in [2.24, 2.45) is 0 Å². The molecular formula is C12H23N3O3S. The molecule has 2 heterocycles. The molecule has 110 valence electrons. The monoisotopic (exact) mass is 289 g/mol. The molecule has 0 spiro atoms. The quantitative estimate of drug-likeness (QED) is 0.810. The summed E-state index contributed by atoms with van der Waals surface area (Å²) in [6.07, 6.45) is 4.88. The lowest BCUT2D eigenvalue weighted by atomic mass is 10.1. The van der Waals surface area contributed by atoms with E-state index in [1.54, 1.807) is 4.90 Å². The Morgan fingerprint density at radius 1 is 1.16 bits per heavy atom. The normalized spacial score (nSPS) is 25.7. The summed E-state index contributed by atoms with van der Waals surface area (Å²) in [5.41, 5.74) is 0. The van der Waals surface area contributed by atoms with Gasteiger partial charge in [-0.2, -0.15) is 17.4 Å². The number of rotatable bonds is 4. The highest BCUT2D eigenvalue weighted by molar-refractivity contribution is 7.87. The van der Waals surface area contributed by atoms with Crippen molar-refractivity contribution in [2.45, 2.75) is 45.1 Å². The first-order chi connectivity index (χ1) is 9.00. The van der Waals surface area contributed by atoms with Gasteiger partial charge >= 0.3 is 0 Å². The first-order valence-electron chi connectivity index (χ1n) is 7.05. The Kier molecular flexibility index (Phi) is 4.81. The van der Waals surface area contributed by atoms with Crippen LogP contribution < -0.4 is 4.72 Å². The van der Waals surface area contributed by atoms with E-state index in [-0.39, 0.29) is 18.5 Å². The summed E-state index contributed by atoms with van der Waals surface area (Å²) in [5, 5.41) is 0. The summed E-state index contributed by atoms with van der Waals surface area (Å²) < 4.78 is 28.2. The fourth-order valence-electron chi connectivity index (χ4n) is 2.74. The minimum absolute atomic E-state index is 0.0214. The van der Waals surface area contributed by atoms with E-state index in [4.69, 9.17) is 0 Å². The highest BCUT2D eigenvalue weighted by Gasteiger charge is 2.30. The van der Waals surface area contributed by atoms with Gasteiger partial charge in [-0.3, -0.25) is 4.79 Å². The van der Waals surface area contributed by atoms with E-state index >= 15 is 0 Å². The van der Waals surface area contributed by atoms with Crippen LogP contribution in [0.3, 0.4) is 0 Å². The Labute approximate surface area is 115 Å². The number of carbonyl (C=O) groups is 1. The largest absolute Gasteiger partial charge is 0.342 e. The van der Waals surface area contributed by atoms with Gasteiger partial charge in [0.05, 0.1) is 6.54 Å². The van der Waals surface area contributed by atoms with E-state index in [1.807, 2.05) is 6.92 Å². The van der Waals surface area contributed by atoms with Gasteiger partial charge in [-0.15, -0.1) is 0 Å². The number of hydrogen-bond acceptors (Lipinski definition) is 3. The lowest BCUT2D eigenvalue weighted by molar-refractivity contribution is -0.128. The first-order valence-corrected chi connectivity index (χ1v) is 8.49. The van der Waals surface area contributed by atoms with Crippen LogP contribution in [-0.2, 0) is 15.0 Å². The van der Waals surface area contributed by atoms with Gasteiger partial charge in [0.25, 0.3) is 10.2 Å². The topological polar surface area (TPSA) is 69.7 Å². The van der Waals surface area contributed by atoms with Gasteiger partial charge in [0.2, 0.25) is 5.91 Å². The number of nitrogens with zero attached hydrogens (tertiary/aromatic N) is 2. The molecule has 0 bridgehead atoms. The van der Waals surface area contributed by atoms with E-state index in [1.165, 1.54) is 4.31 Å². The highest BCUT2D eigenvalue weighted by Crippen LogP contribution is 2.19. The van der Waals surface area contributed by atoms with Crippen LogP contribution in [0, 0.1) is 0 Å². The van der Waals surface area contributed by atoms with E-state index in [0.717, 1.165) is 45.2 Å². The molecular weight excluding hydrogens is 266 g/mol. The average Bonchev–Trinajstić information content (AvgIpc) is 2.90. The lowest BCUT2D eigenvalue weighted by Gasteiger charge is -2.32. The summed E-state index contributed by atoms with van der Waals surface area (Å²) in [5.74, 6) is -0.120. The standard InChI is InChI=1S/C12H23N3O3S/c1-11-6-2-3-9-15(11)19(17,18)13-10-12(16)14-7-4-5-8-14/h11,13H,2-10H2,1H3/t11-/m0/s1. The molecule has 2 fully saturated rings. The second kappa shape index (κ2) is 6.19. The van der Waals surface area contributed by atoms with Crippen LogP contribution in [0.5, 0.6) is 0 Å². The maximum atomic E-state index is 12.2. The van der Waals surface area contributed by atoms with Gasteiger partial charge in [-0.25, -0.2) is 0 Å². The smallest absolute Gasteiger partial charge is 0.280 e. The third-order valence-corrected chi connectivity index (χ3v) is 5.58. The van der Waals surface area contributed by atoms with Crippen LogP contribution in [0.15, 0.2) is 0 Å². The maximum absolute atomic E-state index is 12.2. The molecule has 1 N–H and O–H groups in total. The van der Waals surface area contributed by atoms with Crippen molar-refractivity contribution in [3.63, 3.8) is 0 Å². The number of hydrogen-bond donors (Lipinski definition) is 1. The summed E-state index contributed by atoms with van der Waals surface area (Å²) >= 11 is 0. The molecule has 2 aliphatic rings. The predicted molar refractivity (Wildman–Crippen MR) is 72.8 cm³/mol. The summed E-state index contributed by atoms with van der Waals surface area (Å²) in [6, 6.07) is 0.0214. The predicted octanol–water partition coefficient (Wildman–Crippen LogP) is 0.318. The molecule has 0 saturated carbocycles. The van der Waals surface area contributed by atoms with E-state index < -0.39 is 10.2 Å². The SMILES string of the molecule is C[C@H]1CCCCN1S(=O)(=O)NCC(=O)N1CCCC1. The molecule has 0 radical (unpaired) electrons. The molecule has 6 nitrogen and oxygen atoms in total. The number of carbonyl (C=O) groups excluding carboxylic acids is 1. The number of piperidine rings is 1. The van der Waals surface area contributed by atoms with Crippen LogP contribution in [-0.4, -0.2) is 55.8 Å². The summed E-state index contributed by atoms with van der Waals surface area (Å²) in [7, 11) is -3.52. The molecule has 0 aliphatic carbocycles. The van der Waals surface area contributed by atoms with Crippen molar-refractivity contribution >= 4 is 16.1 Å². The van der Waals surface area contributed by atoms with Crippen molar-refractivity contribution in [3.05, 3.63) is 0 Å². The van der Waals surface area contributed by atoms with Gasteiger partial charge in [-0.05, 0) is 32.6 Å². The van der Waals surface area contributed by atoms with Gasteiger partial charge in [0, 0.05) is 25.7 Å². The zero-order chi connectivity index (χ0) is 13.9. The molecule has 1 amide bonds.